The normalized spacial score (nSPS) is 11.2. The average molecular weight is 237 g/mol. The monoisotopic (exact) mass is 237 g/mol. The first-order valence-electron chi connectivity index (χ1n) is 5.21. The molecule has 0 aliphatic carbocycles. The number of benzene rings is 1. The van der Waals surface area contributed by atoms with E-state index >= 15 is 0 Å². The lowest BCUT2D eigenvalue weighted by atomic mass is 9.81. The molecule has 0 bridgehead atoms. The zero-order valence-corrected chi connectivity index (χ0v) is 10.1. The van der Waals surface area contributed by atoms with Crippen LogP contribution < -0.4 is 0 Å². The van der Waals surface area contributed by atoms with Gasteiger partial charge in [0, 0.05) is 17.0 Å². The van der Waals surface area contributed by atoms with Crippen molar-refractivity contribution in [2.24, 2.45) is 0 Å². The number of aryl methyl sites for hydroxylation is 1. The average Bonchev–Trinajstić information content (AvgIpc) is 2.15. The van der Waals surface area contributed by atoms with Crippen molar-refractivity contribution in [1.29, 1.82) is 0 Å². The molecule has 1 rings (SSSR count). The summed E-state index contributed by atoms with van der Waals surface area (Å²) in [5, 5.41) is 19.6. The van der Waals surface area contributed by atoms with E-state index in [-0.39, 0.29) is 12.1 Å². The number of nitro benzene ring substituents is 1. The molecule has 0 spiro atoms. The molecule has 0 fully saturated rings. The van der Waals surface area contributed by atoms with Crippen molar-refractivity contribution in [2.75, 3.05) is 0 Å². The lowest BCUT2D eigenvalue weighted by Gasteiger charge is -2.23. The Bertz CT molecular complexity index is 466. The van der Waals surface area contributed by atoms with Crippen LogP contribution >= 0.6 is 0 Å². The summed E-state index contributed by atoms with van der Waals surface area (Å²) in [5.74, 6) is -0.918. The molecule has 0 saturated heterocycles. The third-order valence-electron chi connectivity index (χ3n) is 2.78. The second-order valence-electron chi connectivity index (χ2n) is 4.71. The van der Waals surface area contributed by atoms with Crippen LogP contribution in [0.15, 0.2) is 18.2 Å². The van der Waals surface area contributed by atoms with E-state index in [2.05, 4.69) is 0 Å². The van der Waals surface area contributed by atoms with E-state index in [1.165, 1.54) is 6.07 Å². The third kappa shape index (κ3) is 3.03. The summed E-state index contributed by atoms with van der Waals surface area (Å²) >= 11 is 0. The van der Waals surface area contributed by atoms with Crippen LogP contribution in [0.5, 0.6) is 0 Å². The standard InChI is InChI=1S/C12H15NO4/c1-8-4-5-9(6-10(8)13(16)17)12(2,3)7-11(14)15/h4-6H,7H2,1-3H3,(H,14,15). The molecule has 1 N–H and O–H groups in total. The summed E-state index contributed by atoms with van der Waals surface area (Å²) in [7, 11) is 0. The number of carboxylic acid groups (broad SMARTS) is 1. The molecule has 1 aromatic rings. The quantitative estimate of drug-likeness (QED) is 0.644. The van der Waals surface area contributed by atoms with Gasteiger partial charge in [-0.2, -0.15) is 0 Å². The van der Waals surface area contributed by atoms with Crippen LogP contribution in [-0.4, -0.2) is 16.0 Å². The van der Waals surface area contributed by atoms with Crippen LogP contribution in [0.25, 0.3) is 0 Å². The molecule has 0 radical (unpaired) electrons. The first kappa shape index (κ1) is 13.2. The van der Waals surface area contributed by atoms with Gasteiger partial charge in [-0.1, -0.05) is 26.0 Å². The van der Waals surface area contributed by atoms with E-state index < -0.39 is 16.3 Å². The SMILES string of the molecule is Cc1ccc(C(C)(C)CC(=O)O)cc1[N+](=O)[O-]. The molecular weight excluding hydrogens is 222 g/mol. The van der Waals surface area contributed by atoms with Crippen LogP contribution in [0.2, 0.25) is 0 Å². The fourth-order valence-electron chi connectivity index (χ4n) is 1.71. The van der Waals surface area contributed by atoms with Crippen molar-refractivity contribution in [3.8, 4) is 0 Å². The van der Waals surface area contributed by atoms with Gasteiger partial charge >= 0.3 is 5.97 Å². The Kier molecular flexibility index (Phi) is 3.50. The lowest BCUT2D eigenvalue weighted by molar-refractivity contribution is -0.385. The molecule has 92 valence electrons. The molecule has 0 aliphatic heterocycles. The van der Waals surface area contributed by atoms with E-state index in [0.717, 1.165) is 0 Å². The van der Waals surface area contributed by atoms with E-state index in [4.69, 9.17) is 5.11 Å². The van der Waals surface area contributed by atoms with Gasteiger partial charge in [-0.05, 0) is 12.5 Å². The maximum atomic E-state index is 10.8. The molecule has 0 amide bonds. The van der Waals surface area contributed by atoms with Gasteiger partial charge in [0.25, 0.3) is 5.69 Å². The molecule has 0 atom stereocenters. The summed E-state index contributed by atoms with van der Waals surface area (Å²) in [4.78, 5) is 21.1. The minimum atomic E-state index is -0.918. The second kappa shape index (κ2) is 4.53. The van der Waals surface area contributed by atoms with E-state index in [9.17, 15) is 14.9 Å². The van der Waals surface area contributed by atoms with Crippen molar-refractivity contribution in [1.82, 2.24) is 0 Å². The summed E-state index contributed by atoms with van der Waals surface area (Å²) in [6, 6.07) is 4.85. The first-order valence-corrected chi connectivity index (χ1v) is 5.21. The highest BCUT2D eigenvalue weighted by molar-refractivity contribution is 5.69. The Morgan fingerprint density at radius 3 is 2.53 bits per heavy atom. The van der Waals surface area contributed by atoms with Gasteiger partial charge in [0.2, 0.25) is 0 Å². The number of nitrogens with zero attached hydrogens (tertiary/aromatic N) is 1. The number of carbonyl (C=O) groups is 1. The highest BCUT2D eigenvalue weighted by Gasteiger charge is 2.26. The first-order chi connectivity index (χ1) is 7.74. The van der Waals surface area contributed by atoms with Gasteiger partial charge < -0.3 is 5.11 Å². The van der Waals surface area contributed by atoms with Crippen molar-refractivity contribution in [3.05, 3.63) is 39.4 Å². The molecule has 0 unspecified atom stereocenters. The number of nitro groups is 1. The highest BCUT2D eigenvalue weighted by atomic mass is 16.6. The Hall–Kier alpha value is -1.91. The predicted octanol–water partition coefficient (Wildman–Crippen LogP) is 2.66. The smallest absolute Gasteiger partial charge is 0.304 e. The molecule has 5 nitrogen and oxygen atoms in total. The fourth-order valence-corrected chi connectivity index (χ4v) is 1.71. The molecule has 1 aromatic carbocycles. The van der Waals surface area contributed by atoms with E-state index in [1.807, 2.05) is 0 Å². The Labute approximate surface area is 99.2 Å². The van der Waals surface area contributed by atoms with Gasteiger partial charge in [-0.15, -0.1) is 0 Å². The Morgan fingerprint density at radius 1 is 1.47 bits per heavy atom. The van der Waals surface area contributed by atoms with Crippen molar-refractivity contribution in [2.45, 2.75) is 32.6 Å². The zero-order chi connectivity index (χ0) is 13.2. The maximum Gasteiger partial charge on any atom is 0.304 e. The Balaban J connectivity index is 3.19. The second-order valence-corrected chi connectivity index (χ2v) is 4.71. The van der Waals surface area contributed by atoms with Gasteiger partial charge in [-0.25, -0.2) is 0 Å². The number of hydrogen-bond donors (Lipinski definition) is 1. The summed E-state index contributed by atoms with van der Waals surface area (Å²) in [6.07, 6.45) is -0.0623. The molecule has 0 aromatic heterocycles. The molecule has 5 heteroatoms. The molecule has 0 heterocycles. The summed E-state index contributed by atoms with van der Waals surface area (Å²) < 4.78 is 0. The van der Waals surface area contributed by atoms with Crippen LogP contribution in [-0.2, 0) is 10.2 Å². The number of rotatable bonds is 4. The number of aliphatic carboxylic acids is 1. The van der Waals surface area contributed by atoms with Crippen LogP contribution in [0.4, 0.5) is 5.69 Å². The predicted molar refractivity (Wildman–Crippen MR) is 63.1 cm³/mol. The van der Waals surface area contributed by atoms with Gasteiger partial charge in [-0.3, -0.25) is 14.9 Å². The van der Waals surface area contributed by atoms with Crippen LogP contribution in [0.3, 0.4) is 0 Å². The number of hydrogen-bond acceptors (Lipinski definition) is 3. The van der Waals surface area contributed by atoms with Crippen LogP contribution in [0.1, 0.15) is 31.4 Å². The van der Waals surface area contributed by atoms with Gasteiger partial charge in [0.1, 0.15) is 0 Å². The number of carboxylic acids is 1. The van der Waals surface area contributed by atoms with Gasteiger partial charge in [0.05, 0.1) is 11.3 Å². The summed E-state index contributed by atoms with van der Waals surface area (Å²) in [5.41, 5.74) is 0.646. The molecule has 0 saturated carbocycles. The van der Waals surface area contributed by atoms with Crippen molar-refractivity contribution < 1.29 is 14.8 Å². The molecular formula is C12H15NO4. The summed E-state index contributed by atoms with van der Waals surface area (Å²) in [6.45, 7) is 5.18. The fraction of sp³-hybridized carbons (Fsp3) is 0.417. The van der Waals surface area contributed by atoms with Crippen molar-refractivity contribution >= 4 is 11.7 Å². The van der Waals surface area contributed by atoms with Gasteiger partial charge in [0.15, 0.2) is 0 Å². The topological polar surface area (TPSA) is 80.4 Å². The maximum absolute atomic E-state index is 10.8. The largest absolute Gasteiger partial charge is 0.481 e. The molecule has 17 heavy (non-hydrogen) atoms. The lowest BCUT2D eigenvalue weighted by Crippen LogP contribution is -2.21. The molecule has 0 aliphatic rings. The van der Waals surface area contributed by atoms with E-state index in [1.54, 1.807) is 32.9 Å². The van der Waals surface area contributed by atoms with E-state index in [0.29, 0.717) is 11.1 Å². The minimum Gasteiger partial charge on any atom is -0.481 e. The third-order valence-corrected chi connectivity index (χ3v) is 2.78. The minimum absolute atomic E-state index is 0.0287. The van der Waals surface area contributed by atoms with Crippen molar-refractivity contribution in [3.63, 3.8) is 0 Å². The highest BCUT2D eigenvalue weighted by Crippen LogP contribution is 2.31. The Morgan fingerprint density at radius 2 is 2.06 bits per heavy atom. The zero-order valence-electron chi connectivity index (χ0n) is 10.1. The van der Waals surface area contributed by atoms with Crippen LogP contribution in [0, 0.1) is 17.0 Å².